The van der Waals surface area contributed by atoms with Gasteiger partial charge in [0, 0.05) is 82.1 Å². The molecule has 3 aliphatic rings. The smallest absolute Gasteiger partial charge is 0.390 e. The summed E-state index contributed by atoms with van der Waals surface area (Å²) in [5, 5.41) is 13.2. The Kier molecular flexibility index (Phi) is 16.2. The molecule has 372 valence electrons. The van der Waals surface area contributed by atoms with Crippen molar-refractivity contribution >= 4 is 58.3 Å². The fourth-order valence-electron chi connectivity index (χ4n) is 8.13. The number of allylic oxidation sites excluding steroid dienone is 5. The van der Waals surface area contributed by atoms with E-state index in [1.165, 1.54) is 12.2 Å². The lowest BCUT2D eigenvalue weighted by molar-refractivity contribution is -0.462. The minimum atomic E-state index is -5.79. The Morgan fingerprint density at radius 1 is 1.00 bits per heavy atom. The van der Waals surface area contributed by atoms with E-state index in [0.29, 0.717) is 12.0 Å². The van der Waals surface area contributed by atoms with Crippen LogP contribution in [-0.2, 0) is 41.8 Å². The van der Waals surface area contributed by atoms with Gasteiger partial charge in [-0.15, -0.1) is 0 Å². The van der Waals surface area contributed by atoms with E-state index in [1.54, 1.807) is 11.9 Å². The number of ether oxygens (including phenoxy) is 1. The number of anilines is 1. The Hall–Kier alpha value is -5.18. The molecule has 0 saturated carbocycles. The first-order chi connectivity index (χ1) is 32.2. The van der Waals surface area contributed by atoms with Crippen LogP contribution in [0, 0.1) is 0 Å². The molecule has 22 nitrogen and oxygen atoms in total. The van der Waals surface area contributed by atoms with Gasteiger partial charge in [-0.25, -0.2) is 23.1 Å². The number of carbonyl (C=O) groups is 2. The molecule has 2 unspecified atom stereocenters. The molecule has 3 aromatic rings. The number of benzene rings is 2. The number of nitrogens with one attached hydrogen (secondary N) is 2. The average Bonchev–Trinajstić information content (AvgIpc) is 3.63. The summed E-state index contributed by atoms with van der Waals surface area (Å²) < 4.78 is 55.0. The maximum atomic E-state index is 14.2. The molecule has 1 fully saturated rings. The highest BCUT2D eigenvalue weighted by Gasteiger charge is 2.44. The Morgan fingerprint density at radius 2 is 1.71 bits per heavy atom. The van der Waals surface area contributed by atoms with Gasteiger partial charge < -0.3 is 44.5 Å². The fraction of sp³-hybridized carbons (Fsp3) is 0.386. The van der Waals surface area contributed by atoms with Crippen molar-refractivity contribution in [3.63, 3.8) is 0 Å². The summed E-state index contributed by atoms with van der Waals surface area (Å²) in [5.74, 6) is -0.523. The topological polar surface area (TPSA) is 300 Å². The molecule has 25 heteroatoms. The minimum Gasteiger partial charge on any atom is -0.390 e. The van der Waals surface area contributed by atoms with E-state index in [4.69, 9.17) is 14.5 Å². The molecule has 7 N–H and O–H groups in total. The van der Waals surface area contributed by atoms with E-state index in [0.717, 1.165) is 55.6 Å². The predicted octanol–water partition coefficient (Wildman–Crippen LogP) is 3.58. The van der Waals surface area contributed by atoms with E-state index in [1.807, 2.05) is 52.5 Å². The van der Waals surface area contributed by atoms with Crippen LogP contribution in [0.3, 0.4) is 0 Å². The summed E-state index contributed by atoms with van der Waals surface area (Å²) in [6, 6.07) is 14.0. The van der Waals surface area contributed by atoms with Crippen molar-refractivity contribution < 1.29 is 70.4 Å². The zero-order valence-corrected chi connectivity index (χ0v) is 41.5. The van der Waals surface area contributed by atoms with Gasteiger partial charge in [0.2, 0.25) is 5.91 Å². The molecular formula is C44H56N6O16P3+. The molecule has 0 radical (unpaired) electrons. The number of amides is 2. The van der Waals surface area contributed by atoms with Gasteiger partial charge in [-0.05, 0) is 64.1 Å². The molecule has 6 rings (SSSR count). The van der Waals surface area contributed by atoms with Crippen molar-refractivity contribution in [3.8, 4) is 0 Å². The Bertz CT molecular complexity index is 2950. The Morgan fingerprint density at radius 3 is 2.39 bits per heavy atom. The lowest BCUT2D eigenvalue weighted by atomic mass is 9.64. The lowest BCUT2D eigenvalue weighted by Gasteiger charge is -2.39. The van der Waals surface area contributed by atoms with Gasteiger partial charge in [0.25, 0.3) is 11.5 Å². The molecule has 69 heavy (non-hydrogen) atoms. The van der Waals surface area contributed by atoms with Crippen LogP contribution in [0.15, 0.2) is 93.7 Å². The molecule has 0 spiro atoms. The number of aromatic amines is 1. The number of carbonyl (C=O) groups excluding carboxylic acids is 2. The maximum absolute atomic E-state index is 14.2. The van der Waals surface area contributed by atoms with Crippen LogP contribution in [-0.4, -0.2) is 128 Å². The molecule has 0 bridgehead atoms. The summed E-state index contributed by atoms with van der Waals surface area (Å²) in [6.07, 6.45) is 6.38. The summed E-state index contributed by atoms with van der Waals surface area (Å²) in [5.41, 5.74) is 6.70. The number of aliphatic hydroxyl groups is 1. The third-order valence-electron chi connectivity index (χ3n) is 11.6. The molecule has 2 aromatic carbocycles. The molecule has 2 aliphatic carbocycles. The minimum absolute atomic E-state index is 0.00863. The molecule has 2 amide bonds. The van der Waals surface area contributed by atoms with E-state index >= 15 is 0 Å². The first-order valence-electron chi connectivity index (χ1n) is 21.4. The third kappa shape index (κ3) is 12.8. The van der Waals surface area contributed by atoms with Crippen LogP contribution in [0.4, 0.5) is 5.69 Å². The maximum Gasteiger partial charge on any atom is 0.490 e. The number of phosphoric ester groups is 1. The summed E-state index contributed by atoms with van der Waals surface area (Å²) >= 11 is 0. The number of hydrogen-bond donors (Lipinski definition) is 7. The second-order valence-corrected chi connectivity index (χ2v) is 21.8. The van der Waals surface area contributed by atoms with Crippen LogP contribution in [0.5, 0.6) is 0 Å². The number of aromatic nitrogens is 2. The molecule has 1 aliphatic heterocycles. The monoisotopic (exact) mass is 1020 g/mol. The highest BCUT2D eigenvalue weighted by atomic mass is 31.3. The molecule has 1 saturated heterocycles. The zero-order chi connectivity index (χ0) is 50.8. The van der Waals surface area contributed by atoms with Crippen molar-refractivity contribution in [1.29, 1.82) is 0 Å². The van der Waals surface area contributed by atoms with Crippen molar-refractivity contribution in [3.05, 3.63) is 133 Å². The van der Waals surface area contributed by atoms with Gasteiger partial charge in [-0.3, -0.25) is 28.5 Å². The van der Waals surface area contributed by atoms with Crippen LogP contribution in [0.2, 0.25) is 0 Å². The number of H-pyrrole nitrogens is 1. The van der Waals surface area contributed by atoms with Gasteiger partial charge in [-0.2, -0.15) is 8.62 Å². The number of hydrogen-bond acceptors (Lipinski definition) is 13. The SMILES string of the molecule is CN(CCCC(=O)NC/C=C/c1cn([C@H]2C[C@H](O)[C@@H](COP(=O)(O)OP(=O)(O)OP(=O)(O)O)O2)c(=O)[nH]c1=O)C(=O)c1ccccc1C1=C2C=CC(=[N+](C)C)C=C2C(C)(C)c2cc(N(C)C)ccc21. The molecule has 2 heterocycles. The largest absolute Gasteiger partial charge is 0.490 e. The summed E-state index contributed by atoms with van der Waals surface area (Å²) in [4.78, 5) is 94.7. The fourth-order valence-corrected chi connectivity index (χ4v) is 11.2. The van der Waals surface area contributed by atoms with Crippen LogP contribution in [0.1, 0.15) is 71.9 Å². The van der Waals surface area contributed by atoms with Crippen LogP contribution < -0.4 is 21.5 Å². The van der Waals surface area contributed by atoms with E-state index < -0.39 is 59.8 Å². The van der Waals surface area contributed by atoms with Gasteiger partial charge in [0.05, 0.1) is 18.3 Å². The van der Waals surface area contributed by atoms with E-state index in [2.05, 4.69) is 83.2 Å². The van der Waals surface area contributed by atoms with E-state index in [-0.39, 0.29) is 48.7 Å². The average molecular weight is 1020 g/mol. The zero-order valence-electron chi connectivity index (χ0n) is 38.8. The second kappa shape index (κ2) is 21.0. The first-order valence-corrected chi connectivity index (χ1v) is 26.0. The Balaban J connectivity index is 1.06. The van der Waals surface area contributed by atoms with Gasteiger partial charge in [-0.1, -0.05) is 50.3 Å². The van der Waals surface area contributed by atoms with Crippen molar-refractivity contribution in [1.82, 2.24) is 19.8 Å². The Labute approximate surface area is 397 Å². The van der Waals surface area contributed by atoms with E-state index in [9.17, 15) is 47.8 Å². The first kappa shape index (κ1) is 53.2. The van der Waals surface area contributed by atoms with Gasteiger partial charge in [0.15, 0.2) is 5.71 Å². The standard InChI is InChI=1S/C44H55N6O16P3/c1-44(2)34-22-28(47(3)4)16-18-32(34)40(33-19-17-29(48(5)6)23-35(33)44)30-13-8-9-14-31(30)42(54)49(7)21-11-15-38(52)45-20-10-12-27-25-50(43(55)46-41(27)53)39-24-36(51)37(64-39)26-63-68(59,60)66-69(61,62)65-67(56,57)58/h8-10,12-14,16-19,22-23,25,36-37,39,51H,11,15,20-21,24,26H2,1-7H3,(H5-,45,46,52,53,55,56,57,58,59,60,61,62)/p+1/b12-10+/t36-,37+,39+/m0/s1. The quantitative estimate of drug-likeness (QED) is 0.0708. The summed E-state index contributed by atoms with van der Waals surface area (Å²) in [6.45, 7) is 3.76. The van der Waals surface area contributed by atoms with Crippen LogP contribution >= 0.6 is 23.5 Å². The molecule has 5 atom stereocenters. The number of phosphoric acid groups is 3. The molecule has 1 aromatic heterocycles. The number of aliphatic hydroxyl groups excluding tert-OH is 1. The second-order valence-electron chi connectivity index (χ2n) is 17.4. The van der Waals surface area contributed by atoms with Crippen LogP contribution in [0.25, 0.3) is 11.6 Å². The van der Waals surface area contributed by atoms with Crippen molar-refractivity contribution in [2.45, 2.75) is 57.0 Å². The number of nitrogens with zero attached hydrogens (tertiary/aromatic N) is 4. The summed E-state index contributed by atoms with van der Waals surface area (Å²) in [7, 11) is -7.19. The lowest BCUT2D eigenvalue weighted by Crippen LogP contribution is -2.33. The normalized spacial score (nSPS) is 20.4. The predicted molar refractivity (Wildman–Crippen MR) is 255 cm³/mol. The molecular weight excluding hydrogens is 961 g/mol. The number of fused-ring (bicyclic) bond motifs is 2. The van der Waals surface area contributed by atoms with Crippen molar-refractivity contribution in [2.75, 3.05) is 59.8 Å². The van der Waals surface area contributed by atoms with Gasteiger partial charge in [0.1, 0.15) is 26.4 Å². The highest BCUT2D eigenvalue weighted by molar-refractivity contribution is 7.66. The van der Waals surface area contributed by atoms with Gasteiger partial charge >= 0.3 is 29.2 Å². The third-order valence-corrected chi connectivity index (χ3v) is 15.4. The number of rotatable bonds is 18. The van der Waals surface area contributed by atoms with Crippen molar-refractivity contribution in [2.24, 2.45) is 0 Å². The highest BCUT2D eigenvalue weighted by Crippen LogP contribution is 2.66.